The Morgan fingerprint density at radius 1 is 1.22 bits per heavy atom. The standard InChI is InChI=1S/C18H19N5O4/c1-18(2)17(26)23(16-12(27-18)7-8-13(19)22-16)9-14(24)21-11-6-4-3-5-10(11)15(20)25/h3-8H,9H2,1-2H3,(H2,19,22)(H2,20,25)(H,21,24). The van der Waals surface area contributed by atoms with Crippen LogP contribution in [0.25, 0.3) is 0 Å². The Balaban J connectivity index is 1.88. The van der Waals surface area contributed by atoms with E-state index in [0.717, 1.165) is 0 Å². The first kappa shape index (κ1) is 18.2. The highest BCUT2D eigenvalue weighted by atomic mass is 16.5. The van der Waals surface area contributed by atoms with Gasteiger partial charge in [-0.25, -0.2) is 4.98 Å². The molecule has 3 amide bonds. The monoisotopic (exact) mass is 369 g/mol. The fraction of sp³-hybridized carbons (Fsp3) is 0.222. The minimum absolute atomic E-state index is 0.165. The molecule has 0 saturated heterocycles. The largest absolute Gasteiger partial charge is 0.474 e. The number of ether oxygens (including phenoxy) is 1. The lowest BCUT2D eigenvalue weighted by Gasteiger charge is -2.37. The number of carbonyl (C=O) groups is 3. The fourth-order valence-electron chi connectivity index (χ4n) is 2.75. The number of aromatic nitrogens is 1. The molecule has 5 N–H and O–H groups in total. The minimum Gasteiger partial charge on any atom is -0.474 e. The number of fused-ring (bicyclic) bond motifs is 1. The summed E-state index contributed by atoms with van der Waals surface area (Å²) in [6.45, 7) is 2.87. The molecule has 9 heteroatoms. The van der Waals surface area contributed by atoms with E-state index in [1.807, 2.05) is 0 Å². The average molecular weight is 369 g/mol. The molecule has 2 heterocycles. The van der Waals surface area contributed by atoms with Crippen molar-refractivity contribution >= 4 is 35.0 Å². The molecule has 140 valence electrons. The number of hydrogen-bond acceptors (Lipinski definition) is 6. The molecule has 2 aromatic rings. The van der Waals surface area contributed by atoms with Gasteiger partial charge in [0.25, 0.3) is 11.8 Å². The van der Waals surface area contributed by atoms with Crippen LogP contribution in [0, 0.1) is 0 Å². The first-order valence-corrected chi connectivity index (χ1v) is 8.15. The second kappa shape index (κ2) is 6.60. The summed E-state index contributed by atoms with van der Waals surface area (Å²) in [7, 11) is 0. The number of rotatable bonds is 4. The molecule has 0 atom stereocenters. The predicted molar refractivity (Wildman–Crippen MR) is 99.3 cm³/mol. The van der Waals surface area contributed by atoms with Crippen LogP contribution < -0.4 is 26.4 Å². The van der Waals surface area contributed by atoms with Crippen molar-refractivity contribution in [2.24, 2.45) is 5.73 Å². The highest BCUT2D eigenvalue weighted by Crippen LogP contribution is 2.36. The summed E-state index contributed by atoms with van der Waals surface area (Å²) in [5.41, 5.74) is 10.3. The predicted octanol–water partition coefficient (Wildman–Crippen LogP) is 0.905. The third-order valence-corrected chi connectivity index (χ3v) is 4.01. The van der Waals surface area contributed by atoms with E-state index in [4.69, 9.17) is 16.2 Å². The van der Waals surface area contributed by atoms with Gasteiger partial charge in [0.1, 0.15) is 12.4 Å². The van der Waals surface area contributed by atoms with Gasteiger partial charge >= 0.3 is 0 Å². The number of nitrogens with zero attached hydrogens (tertiary/aromatic N) is 2. The van der Waals surface area contributed by atoms with Crippen molar-refractivity contribution in [2.75, 3.05) is 22.5 Å². The lowest BCUT2D eigenvalue weighted by Crippen LogP contribution is -2.54. The summed E-state index contributed by atoms with van der Waals surface area (Å²) < 4.78 is 5.67. The lowest BCUT2D eigenvalue weighted by molar-refractivity contribution is -0.133. The van der Waals surface area contributed by atoms with Crippen molar-refractivity contribution < 1.29 is 19.1 Å². The van der Waals surface area contributed by atoms with Crippen molar-refractivity contribution in [2.45, 2.75) is 19.4 Å². The van der Waals surface area contributed by atoms with E-state index in [2.05, 4.69) is 10.3 Å². The van der Waals surface area contributed by atoms with Crippen LogP contribution in [0.2, 0.25) is 0 Å². The minimum atomic E-state index is -1.17. The topological polar surface area (TPSA) is 141 Å². The molecule has 27 heavy (non-hydrogen) atoms. The molecule has 1 aromatic heterocycles. The molecule has 0 bridgehead atoms. The number of hydrogen-bond donors (Lipinski definition) is 3. The maximum atomic E-state index is 12.8. The van der Waals surface area contributed by atoms with Crippen molar-refractivity contribution in [3.05, 3.63) is 42.0 Å². The number of anilines is 3. The van der Waals surface area contributed by atoms with Crippen LogP contribution in [0.1, 0.15) is 24.2 Å². The number of primary amides is 1. The Morgan fingerprint density at radius 3 is 2.63 bits per heavy atom. The van der Waals surface area contributed by atoms with Crippen LogP contribution in [0.3, 0.4) is 0 Å². The van der Waals surface area contributed by atoms with E-state index in [-0.39, 0.29) is 29.4 Å². The van der Waals surface area contributed by atoms with Gasteiger partial charge in [0.15, 0.2) is 17.2 Å². The maximum absolute atomic E-state index is 12.8. The van der Waals surface area contributed by atoms with E-state index < -0.39 is 23.3 Å². The number of nitrogens with one attached hydrogen (secondary N) is 1. The van der Waals surface area contributed by atoms with Gasteiger partial charge in [0, 0.05) is 0 Å². The van der Waals surface area contributed by atoms with Gasteiger partial charge in [-0.1, -0.05) is 12.1 Å². The molecule has 0 spiro atoms. The molecule has 9 nitrogen and oxygen atoms in total. The zero-order chi connectivity index (χ0) is 19.8. The Hall–Kier alpha value is -3.62. The van der Waals surface area contributed by atoms with Gasteiger partial charge in [-0.3, -0.25) is 19.3 Å². The quantitative estimate of drug-likeness (QED) is 0.731. The van der Waals surface area contributed by atoms with Gasteiger partial charge in [0.2, 0.25) is 5.91 Å². The fourth-order valence-corrected chi connectivity index (χ4v) is 2.75. The molecule has 0 radical (unpaired) electrons. The third-order valence-electron chi connectivity index (χ3n) is 4.01. The Bertz CT molecular complexity index is 941. The maximum Gasteiger partial charge on any atom is 0.272 e. The summed E-state index contributed by atoms with van der Waals surface area (Å²) in [5, 5.41) is 2.60. The second-order valence-electron chi connectivity index (χ2n) is 6.52. The van der Waals surface area contributed by atoms with Crippen LogP contribution >= 0.6 is 0 Å². The zero-order valence-electron chi connectivity index (χ0n) is 14.9. The normalized spacial score (nSPS) is 14.9. The van der Waals surface area contributed by atoms with Crippen molar-refractivity contribution in [3.8, 4) is 5.75 Å². The number of benzene rings is 1. The van der Waals surface area contributed by atoms with Crippen LogP contribution in [-0.4, -0.2) is 34.9 Å². The highest BCUT2D eigenvalue weighted by Gasteiger charge is 2.42. The first-order valence-electron chi connectivity index (χ1n) is 8.15. The van der Waals surface area contributed by atoms with Crippen molar-refractivity contribution in [1.82, 2.24) is 4.98 Å². The third kappa shape index (κ3) is 3.52. The number of amides is 3. The number of nitrogen functional groups attached to an aromatic ring is 1. The number of para-hydroxylation sites is 1. The molecule has 3 rings (SSSR count). The van der Waals surface area contributed by atoms with Crippen LogP contribution in [0.4, 0.5) is 17.3 Å². The molecule has 0 aliphatic carbocycles. The van der Waals surface area contributed by atoms with Crippen LogP contribution in [-0.2, 0) is 9.59 Å². The summed E-state index contributed by atoms with van der Waals surface area (Å²) in [6.07, 6.45) is 0. The molecule has 1 aromatic carbocycles. The summed E-state index contributed by atoms with van der Waals surface area (Å²) in [5.74, 6) is -0.934. The first-order chi connectivity index (χ1) is 12.7. The summed E-state index contributed by atoms with van der Waals surface area (Å²) in [6, 6.07) is 9.48. The molecule has 0 saturated carbocycles. The van der Waals surface area contributed by atoms with Gasteiger partial charge in [-0.15, -0.1) is 0 Å². The van der Waals surface area contributed by atoms with Crippen molar-refractivity contribution in [1.29, 1.82) is 0 Å². The molecular weight excluding hydrogens is 350 g/mol. The zero-order valence-corrected chi connectivity index (χ0v) is 14.9. The SMILES string of the molecule is CC1(C)Oc2ccc(N)nc2N(CC(=O)Nc2ccccc2C(N)=O)C1=O. The molecular formula is C18H19N5O4. The van der Waals surface area contributed by atoms with E-state index in [1.54, 1.807) is 44.2 Å². The van der Waals surface area contributed by atoms with Crippen LogP contribution in [0.15, 0.2) is 36.4 Å². The Morgan fingerprint density at radius 2 is 1.93 bits per heavy atom. The van der Waals surface area contributed by atoms with Gasteiger partial charge < -0.3 is 21.5 Å². The average Bonchev–Trinajstić information content (AvgIpc) is 2.60. The molecule has 1 aliphatic rings. The Kier molecular flexibility index (Phi) is 4.44. The number of carbonyl (C=O) groups excluding carboxylic acids is 3. The lowest BCUT2D eigenvalue weighted by atomic mass is 10.1. The van der Waals surface area contributed by atoms with Crippen molar-refractivity contribution in [3.63, 3.8) is 0 Å². The van der Waals surface area contributed by atoms with Gasteiger partial charge in [0.05, 0.1) is 11.3 Å². The van der Waals surface area contributed by atoms with E-state index >= 15 is 0 Å². The Labute approximate surface area is 155 Å². The van der Waals surface area contributed by atoms with Gasteiger partial charge in [-0.2, -0.15) is 0 Å². The number of pyridine rings is 1. The molecule has 1 aliphatic heterocycles. The summed E-state index contributed by atoms with van der Waals surface area (Å²) >= 11 is 0. The van der Waals surface area contributed by atoms with Gasteiger partial charge in [-0.05, 0) is 38.1 Å². The highest BCUT2D eigenvalue weighted by molar-refractivity contribution is 6.09. The van der Waals surface area contributed by atoms with E-state index in [9.17, 15) is 14.4 Å². The van der Waals surface area contributed by atoms with Crippen LogP contribution in [0.5, 0.6) is 5.75 Å². The smallest absolute Gasteiger partial charge is 0.272 e. The molecule has 0 unspecified atom stereocenters. The summed E-state index contributed by atoms with van der Waals surface area (Å²) in [4.78, 5) is 42.1. The number of nitrogens with two attached hydrogens (primary N) is 2. The second-order valence-corrected chi connectivity index (χ2v) is 6.52. The van der Waals surface area contributed by atoms with E-state index in [1.165, 1.54) is 11.0 Å². The van der Waals surface area contributed by atoms with E-state index in [0.29, 0.717) is 5.75 Å². The molecule has 0 fully saturated rings.